The molecule has 2 saturated heterocycles. The van der Waals surface area contributed by atoms with Crippen LogP contribution in [0.5, 0.6) is 0 Å². The minimum atomic E-state index is 0.195. The topological polar surface area (TPSA) is 84.1 Å². The molecule has 0 radical (unpaired) electrons. The van der Waals surface area contributed by atoms with Gasteiger partial charge in [0.1, 0.15) is 18.0 Å². The monoisotopic (exact) mass is 275 g/mol. The molecule has 2 fully saturated rings. The van der Waals surface area contributed by atoms with Crippen LogP contribution in [0.15, 0.2) is 6.33 Å². The van der Waals surface area contributed by atoms with Gasteiger partial charge >= 0.3 is 0 Å². The summed E-state index contributed by atoms with van der Waals surface area (Å²) in [6, 6.07) is 0.330. The molecule has 3 rings (SSSR count). The lowest BCUT2D eigenvalue weighted by atomic mass is 9.85. The fourth-order valence-electron chi connectivity index (χ4n) is 3.33. The molecule has 0 saturated carbocycles. The Kier molecular flexibility index (Phi) is 3.46. The van der Waals surface area contributed by atoms with Gasteiger partial charge in [-0.25, -0.2) is 9.97 Å². The zero-order valence-corrected chi connectivity index (χ0v) is 11.8. The Bertz CT molecular complexity index is 518. The van der Waals surface area contributed by atoms with E-state index < -0.39 is 0 Å². The van der Waals surface area contributed by atoms with Crippen LogP contribution in [0.1, 0.15) is 31.7 Å². The van der Waals surface area contributed by atoms with Gasteiger partial charge in [0.15, 0.2) is 0 Å². The van der Waals surface area contributed by atoms with E-state index in [9.17, 15) is 4.79 Å². The number of fused-ring (bicyclic) bond motifs is 1. The first kappa shape index (κ1) is 13.1. The lowest BCUT2D eigenvalue weighted by molar-refractivity contribution is -0.124. The van der Waals surface area contributed by atoms with Crippen molar-refractivity contribution in [2.45, 2.75) is 38.6 Å². The van der Waals surface area contributed by atoms with Crippen LogP contribution in [0.3, 0.4) is 0 Å². The minimum Gasteiger partial charge on any atom is -0.383 e. The van der Waals surface area contributed by atoms with Gasteiger partial charge in [0.05, 0.1) is 0 Å². The van der Waals surface area contributed by atoms with Crippen molar-refractivity contribution < 1.29 is 4.79 Å². The van der Waals surface area contributed by atoms with Gasteiger partial charge in [-0.2, -0.15) is 0 Å². The molecule has 1 aromatic heterocycles. The van der Waals surface area contributed by atoms with E-state index in [4.69, 9.17) is 5.73 Å². The van der Waals surface area contributed by atoms with Gasteiger partial charge in [0.25, 0.3) is 0 Å². The predicted molar refractivity (Wildman–Crippen MR) is 77.3 cm³/mol. The zero-order valence-electron chi connectivity index (χ0n) is 11.8. The van der Waals surface area contributed by atoms with E-state index in [2.05, 4.69) is 27.1 Å². The molecule has 0 spiro atoms. The molecule has 2 unspecified atom stereocenters. The van der Waals surface area contributed by atoms with Crippen LogP contribution in [-0.2, 0) is 11.2 Å². The molecule has 6 nitrogen and oxygen atoms in total. The summed E-state index contributed by atoms with van der Waals surface area (Å²) in [6.07, 6.45) is 4.96. The average molecular weight is 275 g/mol. The summed E-state index contributed by atoms with van der Waals surface area (Å²) in [5.41, 5.74) is 6.99. The van der Waals surface area contributed by atoms with E-state index in [1.54, 1.807) is 6.33 Å². The number of hydrogen-bond acceptors (Lipinski definition) is 5. The van der Waals surface area contributed by atoms with E-state index in [0.29, 0.717) is 24.2 Å². The van der Waals surface area contributed by atoms with Crippen molar-refractivity contribution >= 4 is 17.5 Å². The Hall–Kier alpha value is -1.85. The van der Waals surface area contributed by atoms with Gasteiger partial charge in [-0.05, 0) is 25.2 Å². The van der Waals surface area contributed by atoms with Crippen molar-refractivity contribution in [2.24, 2.45) is 5.92 Å². The summed E-state index contributed by atoms with van der Waals surface area (Å²) in [7, 11) is 0. The van der Waals surface area contributed by atoms with Crippen LogP contribution >= 0.6 is 0 Å². The molecule has 2 atom stereocenters. The number of rotatable bonds is 2. The van der Waals surface area contributed by atoms with Gasteiger partial charge in [0, 0.05) is 31.1 Å². The van der Waals surface area contributed by atoms with Crippen molar-refractivity contribution in [1.29, 1.82) is 0 Å². The Morgan fingerprint density at radius 1 is 1.45 bits per heavy atom. The summed E-state index contributed by atoms with van der Waals surface area (Å²) in [5, 5.41) is 3.11. The molecule has 3 N–H and O–H groups in total. The van der Waals surface area contributed by atoms with Gasteiger partial charge in [0.2, 0.25) is 5.91 Å². The van der Waals surface area contributed by atoms with Crippen LogP contribution in [-0.4, -0.2) is 35.0 Å². The maximum Gasteiger partial charge on any atom is 0.220 e. The second-order valence-electron chi connectivity index (χ2n) is 5.62. The fourth-order valence-corrected chi connectivity index (χ4v) is 3.33. The first-order chi connectivity index (χ1) is 9.69. The number of nitrogen functional groups attached to an aromatic ring is 1. The maximum atomic E-state index is 11.5. The second-order valence-corrected chi connectivity index (χ2v) is 5.62. The van der Waals surface area contributed by atoms with E-state index in [0.717, 1.165) is 43.7 Å². The van der Waals surface area contributed by atoms with Crippen LogP contribution in [0.25, 0.3) is 0 Å². The highest BCUT2D eigenvalue weighted by Crippen LogP contribution is 2.30. The van der Waals surface area contributed by atoms with Crippen molar-refractivity contribution in [3.05, 3.63) is 11.9 Å². The summed E-state index contributed by atoms with van der Waals surface area (Å²) >= 11 is 0. The third-order valence-electron chi connectivity index (χ3n) is 4.43. The van der Waals surface area contributed by atoms with Gasteiger partial charge in [-0.3, -0.25) is 4.79 Å². The molecule has 3 heterocycles. The largest absolute Gasteiger partial charge is 0.383 e. The molecule has 6 heteroatoms. The summed E-state index contributed by atoms with van der Waals surface area (Å²) < 4.78 is 0. The third kappa shape index (κ3) is 2.30. The van der Waals surface area contributed by atoms with Gasteiger partial charge < -0.3 is 16.0 Å². The molecule has 2 aliphatic rings. The number of nitrogens with two attached hydrogens (primary N) is 1. The van der Waals surface area contributed by atoms with Crippen molar-refractivity contribution in [3.8, 4) is 0 Å². The van der Waals surface area contributed by atoms with Crippen LogP contribution < -0.4 is 16.0 Å². The average Bonchev–Trinajstić information content (AvgIpc) is 2.46. The molecule has 20 heavy (non-hydrogen) atoms. The second kappa shape index (κ2) is 5.26. The Morgan fingerprint density at radius 3 is 3.10 bits per heavy atom. The molecular formula is C14H21N5O. The maximum absolute atomic E-state index is 11.5. The van der Waals surface area contributed by atoms with E-state index in [-0.39, 0.29) is 5.91 Å². The molecule has 2 aliphatic heterocycles. The number of amides is 1. The summed E-state index contributed by atoms with van der Waals surface area (Å²) in [5.74, 6) is 2.26. The summed E-state index contributed by atoms with van der Waals surface area (Å²) in [4.78, 5) is 22.3. The Morgan fingerprint density at radius 2 is 2.30 bits per heavy atom. The highest BCUT2D eigenvalue weighted by Gasteiger charge is 2.34. The molecular weight excluding hydrogens is 254 g/mol. The van der Waals surface area contributed by atoms with Gasteiger partial charge in [-0.15, -0.1) is 0 Å². The molecule has 1 aromatic rings. The fraction of sp³-hybridized carbons (Fsp3) is 0.643. The number of nitrogens with zero attached hydrogens (tertiary/aromatic N) is 3. The highest BCUT2D eigenvalue weighted by molar-refractivity contribution is 5.77. The lowest BCUT2D eigenvalue weighted by Gasteiger charge is -2.42. The van der Waals surface area contributed by atoms with E-state index in [1.807, 2.05) is 0 Å². The number of hydrogen-bond donors (Lipinski definition) is 2. The van der Waals surface area contributed by atoms with Crippen LogP contribution in [0, 0.1) is 5.92 Å². The van der Waals surface area contributed by atoms with E-state index in [1.165, 1.54) is 0 Å². The quantitative estimate of drug-likeness (QED) is 0.831. The molecule has 1 amide bonds. The molecule has 108 valence electrons. The molecule has 0 aliphatic carbocycles. The number of nitrogens with one attached hydrogen (secondary N) is 1. The van der Waals surface area contributed by atoms with Gasteiger partial charge in [-0.1, -0.05) is 6.92 Å². The smallest absolute Gasteiger partial charge is 0.220 e. The van der Waals surface area contributed by atoms with Crippen molar-refractivity contribution in [1.82, 2.24) is 15.3 Å². The van der Waals surface area contributed by atoms with Crippen molar-refractivity contribution in [2.75, 3.05) is 23.7 Å². The van der Waals surface area contributed by atoms with Crippen LogP contribution in [0.4, 0.5) is 11.6 Å². The first-order valence-electron chi connectivity index (χ1n) is 7.32. The number of carbonyl (C=O) groups is 1. The summed E-state index contributed by atoms with van der Waals surface area (Å²) in [6.45, 7) is 3.92. The SMILES string of the molecule is CCc1c(N)ncnc1N1CCC2NC(=O)CCC2C1. The number of carbonyl (C=O) groups excluding carboxylic acids is 1. The minimum absolute atomic E-state index is 0.195. The number of anilines is 2. The lowest BCUT2D eigenvalue weighted by Crippen LogP contribution is -2.54. The Balaban J connectivity index is 1.80. The highest BCUT2D eigenvalue weighted by atomic mass is 16.1. The molecule has 0 bridgehead atoms. The van der Waals surface area contributed by atoms with Crippen LogP contribution in [0.2, 0.25) is 0 Å². The number of piperidine rings is 2. The normalized spacial score (nSPS) is 26.1. The van der Waals surface area contributed by atoms with E-state index >= 15 is 0 Å². The Labute approximate surface area is 118 Å². The standard InChI is InChI=1S/C14H21N5O/c1-2-10-13(15)16-8-17-14(10)19-6-5-11-9(7-19)3-4-12(20)18-11/h8-9,11H,2-7H2,1H3,(H,18,20)(H2,15,16,17). The zero-order chi connectivity index (χ0) is 14.1. The first-order valence-corrected chi connectivity index (χ1v) is 7.32. The predicted octanol–water partition coefficient (Wildman–Crippen LogP) is 0.726. The number of aromatic nitrogens is 2. The molecule has 0 aromatic carbocycles. The van der Waals surface area contributed by atoms with Crippen molar-refractivity contribution in [3.63, 3.8) is 0 Å². The third-order valence-corrected chi connectivity index (χ3v) is 4.43.